The molecule has 0 aliphatic heterocycles. The Kier molecular flexibility index (Phi) is 4.58. The molecule has 4 aliphatic carbocycles. The van der Waals surface area contributed by atoms with Crippen LogP contribution in [-0.4, -0.2) is 37.7 Å². The third-order valence-corrected chi connectivity index (χ3v) is 6.40. The highest BCUT2D eigenvalue weighted by atomic mass is 16.5. The summed E-state index contributed by atoms with van der Waals surface area (Å²) in [6.45, 7) is 0.465. The average molecular weight is 371 g/mol. The lowest BCUT2D eigenvalue weighted by molar-refractivity contribution is -0.153. The van der Waals surface area contributed by atoms with Crippen LogP contribution in [0.4, 0.5) is 0 Å². The molecule has 1 amide bonds. The second kappa shape index (κ2) is 6.91. The topological polar surface area (TPSA) is 84.9 Å². The first-order valence-electron chi connectivity index (χ1n) is 9.45. The molecule has 6 atom stereocenters. The second-order valence-corrected chi connectivity index (χ2v) is 7.72. The standard InChI is InChI=1S/C21H25NO5/c1-26-16-6-3-11(9-17(16)27-2)7-8-22-20(23)18-12-4-5-13(15-10-14(12)15)19(18)21(24)25/h3-6,9,12-15,18-19H,7-8,10H2,1-2H3,(H,22,23)(H,24,25). The molecule has 5 rings (SSSR count). The van der Waals surface area contributed by atoms with Crippen molar-refractivity contribution in [1.82, 2.24) is 5.32 Å². The first kappa shape index (κ1) is 17.9. The van der Waals surface area contributed by atoms with Gasteiger partial charge in [0.2, 0.25) is 5.91 Å². The van der Waals surface area contributed by atoms with Gasteiger partial charge >= 0.3 is 5.97 Å². The molecule has 1 aromatic rings. The molecule has 2 fully saturated rings. The quantitative estimate of drug-likeness (QED) is 0.718. The lowest BCUT2D eigenvalue weighted by Crippen LogP contribution is -2.50. The Morgan fingerprint density at radius 3 is 2.37 bits per heavy atom. The van der Waals surface area contributed by atoms with Crippen LogP contribution >= 0.6 is 0 Å². The van der Waals surface area contributed by atoms with Crippen LogP contribution < -0.4 is 14.8 Å². The molecule has 2 N–H and O–H groups in total. The fourth-order valence-electron chi connectivity index (χ4n) is 5.05. The van der Waals surface area contributed by atoms with Crippen molar-refractivity contribution in [2.75, 3.05) is 20.8 Å². The number of carboxylic acids is 1. The van der Waals surface area contributed by atoms with Crippen molar-refractivity contribution in [3.63, 3.8) is 0 Å². The normalized spacial score (nSPS) is 32.5. The summed E-state index contributed by atoms with van der Waals surface area (Å²) in [6, 6.07) is 5.67. The van der Waals surface area contributed by atoms with E-state index >= 15 is 0 Å². The van der Waals surface area contributed by atoms with E-state index in [9.17, 15) is 14.7 Å². The van der Waals surface area contributed by atoms with Crippen LogP contribution in [-0.2, 0) is 16.0 Å². The van der Waals surface area contributed by atoms with Gasteiger partial charge in [-0.3, -0.25) is 9.59 Å². The summed E-state index contributed by atoms with van der Waals surface area (Å²) in [5.41, 5.74) is 1.02. The van der Waals surface area contributed by atoms with Gasteiger partial charge in [0, 0.05) is 6.54 Å². The monoisotopic (exact) mass is 371 g/mol. The van der Waals surface area contributed by atoms with Crippen LogP contribution in [0.25, 0.3) is 0 Å². The molecule has 4 aliphatic rings. The summed E-state index contributed by atoms with van der Waals surface area (Å²) in [5, 5.41) is 12.7. The lowest BCUT2D eigenvalue weighted by Gasteiger charge is -2.41. The molecule has 6 heteroatoms. The maximum absolute atomic E-state index is 12.8. The van der Waals surface area contributed by atoms with E-state index in [0.29, 0.717) is 36.3 Å². The number of rotatable bonds is 7. The van der Waals surface area contributed by atoms with E-state index in [2.05, 4.69) is 11.4 Å². The number of carbonyl (C=O) groups excluding carboxylic acids is 1. The highest BCUT2D eigenvalue weighted by Crippen LogP contribution is 2.63. The lowest BCUT2D eigenvalue weighted by atomic mass is 9.62. The number of carboxylic acid groups (broad SMARTS) is 1. The number of hydrogen-bond donors (Lipinski definition) is 2. The summed E-state index contributed by atoms with van der Waals surface area (Å²) >= 11 is 0. The van der Waals surface area contributed by atoms with E-state index in [-0.39, 0.29) is 17.7 Å². The van der Waals surface area contributed by atoms with Gasteiger partial charge in [0.05, 0.1) is 26.1 Å². The second-order valence-electron chi connectivity index (χ2n) is 7.72. The van der Waals surface area contributed by atoms with Crippen molar-refractivity contribution in [1.29, 1.82) is 0 Å². The minimum absolute atomic E-state index is 0.0131. The van der Waals surface area contributed by atoms with Crippen molar-refractivity contribution in [3.05, 3.63) is 35.9 Å². The average Bonchev–Trinajstić information content (AvgIpc) is 3.49. The highest BCUT2D eigenvalue weighted by Gasteiger charge is 2.62. The smallest absolute Gasteiger partial charge is 0.307 e. The van der Waals surface area contributed by atoms with E-state index < -0.39 is 17.8 Å². The third kappa shape index (κ3) is 3.07. The Balaban J connectivity index is 1.39. The highest BCUT2D eigenvalue weighted by molar-refractivity contribution is 5.86. The number of hydrogen-bond acceptors (Lipinski definition) is 4. The fraction of sp³-hybridized carbons (Fsp3) is 0.524. The largest absolute Gasteiger partial charge is 0.493 e. The first-order valence-corrected chi connectivity index (χ1v) is 9.45. The molecular weight excluding hydrogens is 346 g/mol. The van der Waals surface area contributed by atoms with Gasteiger partial charge < -0.3 is 19.9 Å². The number of aliphatic carboxylic acids is 1. The SMILES string of the molecule is COc1ccc(CCNC(=O)C2C3C=CC(C4CC34)C2C(=O)O)cc1OC. The van der Waals surface area contributed by atoms with Crippen molar-refractivity contribution in [2.45, 2.75) is 12.8 Å². The van der Waals surface area contributed by atoms with E-state index in [1.807, 2.05) is 24.3 Å². The van der Waals surface area contributed by atoms with Crippen LogP contribution in [0.2, 0.25) is 0 Å². The molecule has 0 aromatic heterocycles. The Labute approximate surface area is 158 Å². The van der Waals surface area contributed by atoms with Gasteiger partial charge in [-0.15, -0.1) is 0 Å². The zero-order valence-corrected chi connectivity index (χ0v) is 15.6. The van der Waals surface area contributed by atoms with Gasteiger partial charge in [-0.1, -0.05) is 18.2 Å². The molecule has 0 spiro atoms. The van der Waals surface area contributed by atoms with Gasteiger partial charge in [-0.2, -0.15) is 0 Å². The van der Waals surface area contributed by atoms with E-state index in [0.717, 1.165) is 12.0 Å². The maximum Gasteiger partial charge on any atom is 0.307 e. The summed E-state index contributed by atoms with van der Waals surface area (Å²) in [7, 11) is 3.18. The van der Waals surface area contributed by atoms with Gasteiger partial charge in [-0.05, 0) is 54.2 Å². The molecule has 144 valence electrons. The van der Waals surface area contributed by atoms with E-state index in [1.54, 1.807) is 14.2 Å². The van der Waals surface area contributed by atoms with Crippen LogP contribution in [0.3, 0.4) is 0 Å². The van der Waals surface area contributed by atoms with Crippen molar-refractivity contribution < 1.29 is 24.2 Å². The molecule has 2 bridgehead atoms. The fourth-order valence-corrected chi connectivity index (χ4v) is 5.05. The van der Waals surface area contributed by atoms with E-state index in [1.165, 1.54) is 0 Å². The molecule has 6 unspecified atom stereocenters. The van der Waals surface area contributed by atoms with E-state index in [4.69, 9.17) is 9.47 Å². The number of amides is 1. The minimum Gasteiger partial charge on any atom is -0.493 e. The van der Waals surface area contributed by atoms with Gasteiger partial charge in [-0.25, -0.2) is 0 Å². The molecule has 6 nitrogen and oxygen atoms in total. The first-order chi connectivity index (χ1) is 13.0. The third-order valence-electron chi connectivity index (χ3n) is 6.40. The number of nitrogens with one attached hydrogen (secondary N) is 1. The van der Waals surface area contributed by atoms with Gasteiger partial charge in [0.1, 0.15) is 0 Å². The summed E-state index contributed by atoms with van der Waals surface area (Å²) in [5.74, 6) is 0.347. The molecule has 27 heavy (non-hydrogen) atoms. The predicted molar refractivity (Wildman–Crippen MR) is 98.6 cm³/mol. The Hall–Kier alpha value is -2.50. The number of allylic oxidation sites excluding steroid dienone is 2. The zero-order valence-electron chi connectivity index (χ0n) is 15.6. The van der Waals surface area contributed by atoms with Crippen molar-refractivity contribution in [2.24, 2.45) is 35.5 Å². The van der Waals surface area contributed by atoms with Crippen molar-refractivity contribution >= 4 is 11.9 Å². The number of fused-ring (bicyclic) bond motifs is 1. The summed E-state index contributed by atoms with van der Waals surface area (Å²) in [6.07, 6.45) is 5.82. The predicted octanol–water partition coefficient (Wildman–Crippen LogP) is 2.13. The number of carbonyl (C=O) groups is 2. The van der Waals surface area contributed by atoms with Crippen LogP contribution in [0.5, 0.6) is 11.5 Å². The molecule has 0 heterocycles. The number of benzene rings is 1. The Morgan fingerprint density at radius 2 is 1.74 bits per heavy atom. The van der Waals surface area contributed by atoms with Gasteiger partial charge in [0.25, 0.3) is 0 Å². The Bertz CT molecular complexity index is 789. The van der Waals surface area contributed by atoms with Crippen LogP contribution in [0, 0.1) is 35.5 Å². The minimum atomic E-state index is -0.847. The summed E-state index contributed by atoms with van der Waals surface area (Å²) in [4.78, 5) is 24.6. The van der Waals surface area contributed by atoms with Crippen molar-refractivity contribution in [3.8, 4) is 11.5 Å². The number of methoxy groups -OCH3 is 2. The van der Waals surface area contributed by atoms with Crippen LogP contribution in [0.1, 0.15) is 12.0 Å². The summed E-state index contributed by atoms with van der Waals surface area (Å²) < 4.78 is 10.5. The van der Waals surface area contributed by atoms with Crippen LogP contribution in [0.15, 0.2) is 30.4 Å². The molecule has 1 aromatic carbocycles. The maximum atomic E-state index is 12.8. The molecule has 0 saturated heterocycles. The Morgan fingerprint density at radius 1 is 1.07 bits per heavy atom. The molecule has 0 radical (unpaired) electrons. The molecular formula is C21H25NO5. The molecule has 2 saturated carbocycles. The number of ether oxygens (including phenoxy) is 2. The van der Waals surface area contributed by atoms with Gasteiger partial charge in [0.15, 0.2) is 11.5 Å². The zero-order chi connectivity index (χ0) is 19.1.